The van der Waals surface area contributed by atoms with Crippen LogP contribution < -0.4 is 5.32 Å². The Balaban J connectivity index is 2.09. The molecule has 0 aliphatic heterocycles. The van der Waals surface area contributed by atoms with Crippen LogP contribution in [0.1, 0.15) is 17.3 Å². The predicted octanol–water partition coefficient (Wildman–Crippen LogP) is 2.92. The van der Waals surface area contributed by atoms with Gasteiger partial charge in [0.1, 0.15) is 5.82 Å². The molecule has 2 rings (SSSR count). The summed E-state index contributed by atoms with van der Waals surface area (Å²) in [7, 11) is 1.54. The summed E-state index contributed by atoms with van der Waals surface area (Å²) in [6, 6.07) is 9.34. The van der Waals surface area contributed by atoms with Gasteiger partial charge in [0.15, 0.2) is 0 Å². The summed E-state index contributed by atoms with van der Waals surface area (Å²) in [6.07, 6.45) is 1.50. The summed E-state index contributed by atoms with van der Waals surface area (Å²) >= 11 is 5.93. The van der Waals surface area contributed by atoms with E-state index in [1.165, 1.54) is 19.2 Å². The molecule has 1 amide bonds. The Morgan fingerprint density at radius 3 is 2.82 bits per heavy atom. The lowest BCUT2D eigenvalue weighted by Gasteiger charge is -2.17. The van der Waals surface area contributed by atoms with Crippen LogP contribution in [0.2, 0.25) is 5.02 Å². The maximum atomic E-state index is 13.7. The van der Waals surface area contributed by atoms with Gasteiger partial charge in [-0.15, -0.1) is 0 Å². The van der Waals surface area contributed by atoms with Crippen molar-refractivity contribution in [1.82, 2.24) is 10.3 Å². The smallest absolute Gasteiger partial charge is 0.225 e. The zero-order chi connectivity index (χ0) is 15.9. The fraction of sp³-hybridized carbons (Fsp3) is 0.250. The van der Waals surface area contributed by atoms with E-state index in [1.807, 2.05) is 6.07 Å². The molecule has 0 fully saturated rings. The minimum absolute atomic E-state index is 0.140. The van der Waals surface area contributed by atoms with E-state index < -0.39 is 11.9 Å². The van der Waals surface area contributed by atoms with Crippen LogP contribution in [0.15, 0.2) is 42.6 Å². The minimum atomic E-state index is -0.497. The normalized spacial score (nSPS) is 12.0. The number of benzene rings is 1. The van der Waals surface area contributed by atoms with E-state index in [9.17, 15) is 9.18 Å². The second-order valence-corrected chi connectivity index (χ2v) is 5.11. The van der Waals surface area contributed by atoms with Crippen molar-refractivity contribution in [1.29, 1.82) is 0 Å². The second kappa shape index (κ2) is 7.87. The second-order valence-electron chi connectivity index (χ2n) is 4.71. The Bertz CT molecular complexity index is 617. The number of amides is 1. The van der Waals surface area contributed by atoms with Gasteiger partial charge in [0.05, 0.1) is 24.8 Å². The van der Waals surface area contributed by atoms with E-state index in [4.69, 9.17) is 16.3 Å². The molecule has 22 heavy (non-hydrogen) atoms. The standard InChI is InChI=1S/C16H16ClFN2O2/c1-22-10-15(14-7-2-3-8-19-14)20-16(21)9-11-12(17)5-4-6-13(11)18/h2-8,15H,9-10H2,1H3,(H,20,21)/t15-/m0/s1. The van der Waals surface area contributed by atoms with Crippen molar-refractivity contribution in [2.75, 3.05) is 13.7 Å². The molecule has 1 N–H and O–H groups in total. The number of aromatic nitrogens is 1. The predicted molar refractivity (Wildman–Crippen MR) is 82.1 cm³/mol. The number of nitrogens with one attached hydrogen (secondary N) is 1. The number of hydrogen-bond donors (Lipinski definition) is 1. The number of halogens is 2. The monoisotopic (exact) mass is 322 g/mol. The largest absolute Gasteiger partial charge is 0.382 e. The van der Waals surface area contributed by atoms with E-state index >= 15 is 0 Å². The lowest BCUT2D eigenvalue weighted by Crippen LogP contribution is -2.33. The van der Waals surface area contributed by atoms with E-state index in [-0.39, 0.29) is 29.5 Å². The van der Waals surface area contributed by atoms with Gasteiger partial charge in [-0.2, -0.15) is 0 Å². The molecule has 0 aliphatic rings. The highest BCUT2D eigenvalue weighted by atomic mass is 35.5. The molecule has 1 aromatic carbocycles. The average molecular weight is 323 g/mol. The summed E-state index contributed by atoms with van der Waals surface area (Å²) in [5, 5.41) is 3.02. The molecule has 0 saturated carbocycles. The van der Waals surface area contributed by atoms with Crippen molar-refractivity contribution in [2.24, 2.45) is 0 Å². The van der Waals surface area contributed by atoms with Gasteiger partial charge in [0.25, 0.3) is 0 Å². The fourth-order valence-corrected chi connectivity index (χ4v) is 2.29. The molecule has 0 bridgehead atoms. The Morgan fingerprint density at radius 2 is 2.18 bits per heavy atom. The number of carbonyl (C=O) groups is 1. The first-order valence-electron chi connectivity index (χ1n) is 6.74. The summed E-state index contributed by atoms with van der Waals surface area (Å²) < 4.78 is 18.8. The molecule has 4 nitrogen and oxygen atoms in total. The van der Waals surface area contributed by atoms with Crippen molar-refractivity contribution in [3.8, 4) is 0 Å². The summed E-state index contributed by atoms with van der Waals surface area (Å²) in [4.78, 5) is 16.4. The van der Waals surface area contributed by atoms with E-state index in [2.05, 4.69) is 10.3 Å². The molecular weight excluding hydrogens is 307 g/mol. The zero-order valence-electron chi connectivity index (χ0n) is 12.1. The van der Waals surface area contributed by atoms with Crippen LogP contribution in [-0.2, 0) is 16.0 Å². The fourth-order valence-electron chi connectivity index (χ4n) is 2.06. The first-order chi connectivity index (χ1) is 10.6. The molecule has 0 radical (unpaired) electrons. The van der Waals surface area contributed by atoms with Gasteiger partial charge in [-0.1, -0.05) is 23.7 Å². The van der Waals surface area contributed by atoms with Gasteiger partial charge >= 0.3 is 0 Å². The molecule has 1 heterocycles. The first kappa shape index (κ1) is 16.4. The number of nitrogens with zero attached hydrogens (tertiary/aromatic N) is 1. The highest BCUT2D eigenvalue weighted by molar-refractivity contribution is 6.31. The van der Waals surface area contributed by atoms with Crippen molar-refractivity contribution < 1.29 is 13.9 Å². The van der Waals surface area contributed by atoms with Gasteiger partial charge in [0.2, 0.25) is 5.91 Å². The molecular formula is C16H16ClFN2O2. The quantitative estimate of drug-likeness (QED) is 0.889. The topological polar surface area (TPSA) is 51.2 Å². The third-order valence-corrected chi connectivity index (χ3v) is 3.47. The molecule has 1 aromatic heterocycles. The number of rotatable bonds is 6. The molecule has 6 heteroatoms. The Hall–Kier alpha value is -1.98. The number of pyridine rings is 1. The lowest BCUT2D eigenvalue weighted by molar-refractivity contribution is -0.121. The Kier molecular flexibility index (Phi) is 5.86. The van der Waals surface area contributed by atoms with E-state index in [0.29, 0.717) is 5.69 Å². The van der Waals surface area contributed by atoms with Gasteiger partial charge < -0.3 is 10.1 Å². The van der Waals surface area contributed by atoms with Gasteiger partial charge in [-0.3, -0.25) is 9.78 Å². The van der Waals surface area contributed by atoms with Gasteiger partial charge in [0, 0.05) is 23.9 Å². The van der Waals surface area contributed by atoms with Gasteiger partial charge in [-0.25, -0.2) is 4.39 Å². The first-order valence-corrected chi connectivity index (χ1v) is 7.11. The van der Waals surface area contributed by atoms with Crippen LogP contribution in [0.25, 0.3) is 0 Å². The molecule has 1 atom stereocenters. The van der Waals surface area contributed by atoms with Crippen LogP contribution in [0.4, 0.5) is 4.39 Å². The average Bonchev–Trinajstić information content (AvgIpc) is 2.51. The molecule has 0 unspecified atom stereocenters. The van der Waals surface area contributed by atoms with Crippen LogP contribution in [-0.4, -0.2) is 24.6 Å². The SMILES string of the molecule is COC[C@H](NC(=O)Cc1c(F)cccc1Cl)c1ccccn1. The van der Waals surface area contributed by atoms with E-state index in [0.717, 1.165) is 0 Å². The minimum Gasteiger partial charge on any atom is -0.382 e. The van der Waals surface area contributed by atoms with Crippen molar-refractivity contribution in [2.45, 2.75) is 12.5 Å². The summed E-state index contributed by atoms with van der Waals surface area (Å²) in [6.45, 7) is 0.272. The number of ether oxygens (including phenoxy) is 1. The third-order valence-electron chi connectivity index (χ3n) is 3.11. The van der Waals surface area contributed by atoms with Crippen molar-refractivity contribution >= 4 is 17.5 Å². The molecule has 0 saturated heterocycles. The van der Waals surface area contributed by atoms with Crippen LogP contribution >= 0.6 is 11.6 Å². The van der Waals surface area contributed by atoms with Crippen LogP contribution in [0.3, 0.4) is 0 Å². The Labute approximate surface area is 133 Å². The van der Waals surface area contributed by atoms with Crippen molar-refractivity contribution in [3.63, 3.8) is 0 Å². The van der Waals surface area contributed by atoms with Crippen molar-refractivity contribution in [3.05, 3.63) is 64.7 Å². The number of carbonyl (C=O) groups excluding carboxylic acids is 1. The molecule has 116 valence electrons. The summed E-state index contributed by atoms with van der Waals surface area (Å²) in [5.74, 6) is -0.844. The maximum absolute atomic E-state index is 13.7. The van der Waals surface area contributed by atoms with Gasteiger partial charge in [-0.05, 0) is 24.3 Å². The highest BCUT2D eigenvalue weighted by Gasteiger charge is 2.18. The van der Waals surface area contributed by atoms with E-state index in [1.54, 1.807) is 24.4 Å². The maximum Gasteiger partial charge on any atom is 0.225 e. The molecule has 0 spiro atoms. The summed E-state index contributed by atoms with van der Waals surface area (Å²) in [5.41, 5.74) is 0.858. The van der Waals surface area contributed by atoms with Crippen LogP contribution in [0.5, 0.6) is 0 Å². The number of hydrogen-bond acceptors (Lipinski definition) is 3. The van der Waals surface area contributed by atoms with Crippen LogP contribution in [0, 0.1) is 5.82 Å². The zero-order valence-corrected chi connectivity index (χ0v) is 12.8. The molecule has 2 aromatic rings. The molecule has 0 aliphatic carbocycles. The number of methoxy groups -OCH3 is 1. The third kappa shape index (κ3) is 4.26. The Morgan fingerprint density at radius 1 is 1.36 bits per heavy atom. The highest BCUT2D eigenvalue weighted by Crippen LogP contribution is 2.20. The lowest BCUT2D eigenvalue weighted by atomic mass is 10.1.